The number of amides is 1. The van der Waals surface area contributed by atoms with Crippen LogP contribution in [0.15, 0.2) is 18.2 Å². The van der Waals surface area contributed by atoms with E-state index in [2.05, 4.69) is 10.6 Å². The molecule has 1 saturated heterocycles. The Labute approximate surface area is 115 Å². The highest BCUT2D eigenvalue weighted by molar-refractivity contribution is 5.98. The number of rotatable bonds is 4. The number of carbonyl (C=O) groups is 1. The van der Waals surface area contributed by atoms with Crippen molar-refractivity contribution in [2.45, 2.75) is 6.04 Å². The van der Waals surface area contributed by atoms with E-state index in [4.69, 9.17) is 4.74 Å². The average Bonchev–Trinajstić information content (AvgIpc) is 2.88. The van der Waals surface area contributed by atoms with Crippen LogP contribution >= 0.6 is 0 Å². The Balaban J connectivity index is 1.80. The fraction of sp³-hybridized carbons (Fsp3) is 0.462. The first-order valence-corrected chi connectivity index (χ1v) is 6.46. The molecule has 3 rings (SSSR count). The van der Waals surface area contributed by atoms with Crippen LogP contribution in [0.1, 0.15) is 10.4 Å². The summed E-state index contributed by atoms with van der Waals surface area (Å²) in [6.45, 7) is 1.84. The van der Waals surface area contributed by atoms with Crippen LogP contribution in [-0.4, -0.2) is 37.1 Å². The molecule has 2 N–H and O–H groups in total. The van der Waals surface area contributed by atoms with Gasteiger partial charge in [-0.2, -0.15) is 0 Å². The zero-order valence-corrected chi connectivity index (χ0v) is 11.0. The van der Waals surface area contributed by atoms with Gasteiger partial charge in [0.25, 0.3) is 5.91 Å². The maximum absolute atomic E-state index is 12.2. The van der Waals surface area contributed by atoms with Gasteiger partial charge in [-0.3, -0.25) is 14.9 Å². The highest BCUT2D eigenvalue weighted by Gasteiger charge is 2.53. The standard InChI is InChI=1S/C13H15N3O4/c1-20-12-7(3-2-4-10(12)16(18)19)13(17)15-11-8-5-14-6-9(8)11/h2-4,8-9,11,14H,5-6H2,1H3,(H,15,17). The number of para-hydroxylation sites is 1. The zero-order valence-electron chi connectivity index (χ0n) is 11.0. The number of nitrogens with one attached hydrogen (secondary N) is 2. The topological polar surface area (TPSA) is 93.5 Å². The monoisotopic (exact) mass is 277 g/mol. The molecule has 0 spiro atoms. The lowest BCUT2D eigenvalue weighted by Crippen LogP contribution is -2.32. The second-order valence-corrected chi connectivity index (χ2v) is 5.10. The largest absolute Gasteiger partial charge is 0.490 e. The minimum absolute atomic E-state index is 0.0129. The zero-order chi connectivity index (χ0) is 14.3. The van der Waals surface area contributed by atoms with E-state index in [1.54, 1.807) is 0 Å². The molecule has 20 heavy (non-hydrogen) atoms. The number of piperidine rings is 1. The number of methoxy groups -OCH3 is 1. The number of hydrogen-bond donors (Lipinski definition) is 2. The van der Waals surface area contributed by atoms with Gasteiger partial charge in [-0.05, 0) is 17.9 Å². The Hall–Kier alpha value is -2.15. The Bertz CT molecular complexity index is 565. The number of ether oxygens (including phenoxy) is 1. The van der Waals surface area contributed by atoms with Gasteiger partial charge < -0.3 is 15.4 Å². The Morgan fingerprint density at radius 3 is 2.75 bits per heavy atom. The van der Waals surface area contributed by atoms with Gasteiger partial charge in [-0.15, -0.1) is 0 Å². The lowest BCUT2D eigenvalue weighted by molar-refractivity contribution is -0.385. The molecule has 2 fully saturated rings. The van der Waals surface area contributed by atoms with Crippen LogP contribution in [0.2, 0.25) is 0 Å². The van der Waals surface area contributed by atoms with Gasteiger partial charge in [-0.1, -0.05) is 6.07 Å². The van der Waals surface area contributed by atoms with Gasteiger partial charge in [0.2, 0.25) is 5.75 Å². The highest BCUT2D eigenvalue weighted by Crippen LogP contribution is 2.42. The third-order valence-electron chi connectivity index (χ3n) is 4.03. The molecule has 7 nitrogen and oxygen atoms in total. The highest BCUT2D eigenvalue weighted by atomic mass is 16.6. The molecular weight excluding hydrogens is 262 g/mol. The molecule has 1 aromatic rings. The minimum atomic E-state index is -0.550. The van der Waals surface area contributed by atoms with E-state index in [-0.39, 0.29) is 28.9 Å². The first-order chi connectivity index (χ1) is 9.63. The third kappa shape index (κ3) is 2.00. The SMILES string of the molecule is COc1c(C(=O)NC2C3CNCC32)cccc1[N+](=O)[O-]. The summed E-state index contributed by atoms with van der Waals surface area (Å²) in [5.74, 6) is 0.677. The van der Waals surface area contributed by atoms with Crippen LogP contribution < -0.4 is 15.4 Å². The van der Waals surface area contributed by atoms with Crippen molar-refractivity contribution in [3.8, 4) is 5.75 Å². The van der Waals surface area contributed by atoms with Gasteiger partial charge in [0.15, 0.2) is 0 Å². The van der Waals surface area contributed by atoms with E-state index in [0.717, 1.165) is 13.1 Å². The first-order valence-electron chi connectivity index (χ1n) is 6.46. The molecule has 1 aliphatic heterocycles. The summed E-state index contributed by atoms with van der Waals surface area (Å²) in [7, 11) is 1.33. The van der Waals surface area contributed by atoms with Crippen molar-refractivity contribution in [2.24, 2.45) is 11.8 Å². The normalized spacial score (nSPS) is 26.8. The molecule has 1 saturated carbocycles. The Morgan fingerprint density at radius 2 is 2.15 bits per heavy atom. The molecule has 1 heterocycles. The van der Waals surface area contributed by atoms with Crippen molar-refractivity contribution >= 4 is 11.6 Å². The van der Waals surface area contributed by atoms with E-state index in [1.807, 2.05) is 0 Å². The van der Waals surface area contributed by atoms with Crippen molar-refractivity contribution in [3.05, 3.63) is 33.9 Å². The molecule has 2 aliphatic rings. The van der Waals surface area contributed by atoms with Crippen molar-refractivity contribution < 1.29 is 14.5 Å². The summed E-state index contributed by atoms with van der Waals surface area (Å²) in [5.41, 5.74) is 0.0115. The van der Waals surface area contributed by atoms with Crippen LogP contribution in [0.5, 0.6) is 5.75 Å². The maximum Gasteiger partial charge on any atom is 0.311 e. The minimum Gasteiger partial charge on any atom is -0.490 e. The van der Waals surface area contributed by atoms with Crippen molar-refractivity contribution in [1.29, 1.82) is 0 Å². The van der Waals surface area contributed by atoms with E-state index in [9.17, 15) is 14.9 Å². The van der Waals surface area contributed by atoms with Crippen LogP contribution in [0.25, 0.3) is 0 Å². The third-order valence-corrected chi connectivity index (χ3v) is 4.03. The Kier molecular flexibility index (Phi) is 3.06. The van der Waals surface area contributed by atoms with E-state index in [1.165, 1.54) is 25.3 Å². The molecular formula is C13H15N3O4. The second kappa shape index (κ2) is 4.75. The predicted molar refractivity (Wildman–Crippen MR) is 70.8 cm³/mol. The van der Waals surface area contributed by atoms with Gasteiger partial charge in [0, 0.05) is 25.2 Å². The molecule has 0 bridgehead atoms. The van der Waals surface area contributed by atoms with Gasteiger partial charge >= 0.3 is 5.69 Å². The van der Waals surface area contributed by atoms with Crippen LogP contribution in [0, 0.1) is 22.0 Å². The number of fused-ring (bicyclic) bond motifs is 1. The molecule has 1 aliphatic carbocycles. The first kappa shape index (κ1) is 12.9. The quantitative estimate of drug-likeness (QED) is 0.619. The molecule has 7 heteroatoms. The van der Waals surface area contributed by atoms with Crippen LogP contribution in [0.3, 0.4) is 0 Å². The van der Waals surface area contributed by atoms with Crippen LogP contribution in [0.4, 0.5) is 5.69 Å². The predicted octanol–water partition coefficient (Wildman–Crippen LogP) is 0.551. The number of carbonyl (C=O) groups excluding carboxylic acids is 1. The van der Waals surface area contributed by atoms with E-state index < -0.39 is 4.92 Å². The summed E-state index contributed by atoms with van der Waals surface area (Å²) in [4.78, 5) is 22.6. The fourth-order valence-corrected chi connectivity index (χ4v) is 2.92. The summed E-state index contributed by atoms with van der Waals surface area (Å²) >= 11 is 0. The maximum atomic E-state index is 12.2. The smallest absolute Gasteiger partial charge is 0.311 e. The van der Waals surface area contributed by atoms with E-state index in [0.29, 0.717) is 11.8 Å². The van der Waals surface area contributed by atoms with Crippen molar-refractivity contribution in [3.63, 3.8) is 0 Å². The Morgan fingerprint density at radius 1 is 1.45 bits per heavy atom. The molecule has 0 radical (unpaired) electrons. The molecule has 2 atom stereocenters. The number of hydrogen-bond acceptors (Lipinski definition) is 5. The van der Waals surface area contributed by atoms with Gasteiger partial charge in [0.1, 0.15) is 0 Å². The number of nitro groups is 1. The summed E-state index contributed by atoms with van der Waals surface area (Å²) in [6.07, 6.45) is 0. The average molecular weight is 277 g/mol. The number of benzene rings is 1. The number of nitrogens with zero attached hydrogens (tertiary/aromatic N) is 1. The fourth-order valence-electron chi connectivity index (χ4n) is 2.92. The molecule has 1 amide bonds. The van der Waals surface area contributed by atoms with Gasteiger partial charge in [-0.25, -0.2) is 0 Å². The van der Waals surface area contributed by atoms with Crippen molar-refractivity contribution in [1.82, 2.24) is 10.6 Å². The lowest BCUT2D eigenvalue weighted by Gasteiger charge is -2.10. The number of nitro benzene ring substituents is 1. The van der Waals surface area contributed by atoms with Crippen molar-refractivity contribution in [2.75, 3.05) is 20.2 Å². The van der Waals surface area contributed by atoms with Gasteiger partial charge in [0.05, 0.1) is 17.6 Å². The second-order valence-electron chi connectivity index (χ2n) is 5.10. The molecule has 2 unspecified atom stereocenters. The summed E-state index contributed by atoms with van der Waals surface area (Å²) in [5, 5.41) is 17.1. The van der Waals surface area contributed by atoms with Crippen LogP contribution in [-0.2, 0) is 0 Å². The molecule has 0 aromatic heterocycles. The summed E-state index contributed by atoms with van der Waals surface area (Å²) < 4.78 is 5.04. The molecule has 106 valence electrons. The molecule has 1 aromatic carbocycles. The summed E-state index contributed by atoms with van der Waals surface area (Å²) in [6, 6.07) is 4.53. The lowest BCUT2D eigenvalue weighted by atomic mass is 10.1. The van der Waals surface area contributed by atoms with E-state index >= 15 is 0 Å².